The van der Waals surface area contributed by atoms with E-state index >= 15 is 0 Å². The largest absolute Gasteiger partial charge is 0.550 e. The van der Waals surface area contributed by atoms with E-state index < -0.39 is 5.97 Å². The Morgan fingerprint density at radius 3 is 2.40 bits per heavy atom. The van der Waals surface area contributed by atoms with Crippen molar-refractivity contribution in [2.24, 2.45) is 11.8 Å². The second-order valence-corrected chi connectivity index (χ2v) is 9.17. The van der Waals surface area contributed by atoms with Crippen LogP contribution in [0.4, 0.5) is 5.69 Å². The molecular formula is C23H25Cl2N2O2S-. The van der Waals surface area contributed by atoms with Gasteiger partial charge in [0.15, 0.2) is 5.11 Å². The van der Waals surface area contributed by atoms with E-state index in [-0.39, 0.29) is 5.92 Å². The number of benzene rings is 2. The fourth-order valence-corrected chi connectivity index (χ4v) is 4.36. The number of halogens is 2. The van der Waals surface area contributed by atoms with E-state index in [2.05, 4.69) is 10.2 Å². The molecule has 2 aromatic carbocycles. The van der Waals surface area contributed by atoms with Gasteiger partial charge in [0.1, 0.15) is 0 Å². The van der Waals surface area contributed by atoms with Gasteiger partial charge in [-0.3, -0.25) is 0 Å². The van der Waals surface area contributed by atoms with Crippen molar-refractivity contribution >= 4 is 52.2 Å². The Bertz CT molecular complexity index is 897. The molecule has 0 unspecified atom stereocenters. The van der Waals surface area contributed by atoms with E-state index in [1.165, 1.54) is 0 Å². The summed E-state index contributed by atoms with van der Waals surface area (Å²) < 4.78 is 0. The molecule has 3 rings (SSSR count). The van der Waals surface area contributed by atoms with Gasteiger partial charge < -0.3 is 20.1 Å². The van der Waals surface area contributed by atoms with Crippen molar-refractivity contribution < 1.29 is 9.90 Å². The quantitative estimate of drug-likeness (QED) is 0.606. The van der Waals surface area contributed by atoms with Gasteiger partial charge in [-0.1, -0.05) is 41.4 Å². The normalized spacial score (nSPS) is 18.6. The van der Waals surface area contributed by atoms with Crippen molar-refractivity contribution in [2.75, 3.05) is 11.9 Å². The number of carboxylic acids is 1. The molecule has 0 saturated heterocycles. The maximum absolute atomic E-state index is 11.1. The van der Waals surface area contributed by atoms with Gasteiger partial charge in [-0.25, -0.2) is 0 Å². The number of nitrogens with one attached hydrogen (secondary N) is 1. The van der Waals surface area contributed by atoms with Crippen molar-refractivity contribution in [1.29, 1.82) is 0 Å². The molecule has 0 heterocycles. The molecule has 0 aromatic heterocycles. The lowest BCUT2D eigenvalue weighted by Crippen LogP contribution is -2.40. The highest BCUT2D eigenvalue weighted by Gasteiger charge is 2.24. The van der Waals surface area contributed by atoms with Crippen LogP contribution in [0.3, 0.4) is 0 Å². The molecule has 2 aromatic rings. The molecule has 1 N–H and O–H groups in total. The van der Waals surface area contributed by atoms with Gasteiger partial charge in [-0.15, -0.1) is 0 Å². The van der Waals surface area contributed by atoms with E-state index in [9.17, 15) is 9.90 Å². The van der Waals surface area contributed by atoms with E-state index in [0.717, 1.165) is 36.2 Å². The minimum absolute atomic E-state index is 0.328. The lowest BCUT2D eigenvalue weighted by atomic mass is 9.82. The van der Waals surface area contributed by atoms with Gasteiger partial charge in [0.05, 0.1) is 0 Å². The van der Waals surface area contributed by atoms with Crippen molar-refractivity contribution in [2.45, 2.75) is 39.2 Å². The van der Waals surface area contributed by atoms with Crippen LogP contribution in [0.1, 0.15) is 36.8 Å². The summed E-state index contributed by atoms with van der Waals surface area (Å²) >= 11 is 18.0. The third-order valence-corrected chi connectivity index (χ3v) is 6.68. The van der Waals surface area contributed by atoms with Crippen molar-refractivity contribution in [3.8, 4) is 0 Å². The van der Waals surface area contributed by atoms with E-state index in [1.54, 1.807) is 0 Å². The van der Waals surface area contributed by atoms with Gasteiger partial charge >= 0.3 is 0 Å². The first kappa shape index (κ1) is 22.9. The van der Waals surface area contributed by atoms with Crippen LogP contribution in [0, 0.1) is 18.8 Å². The molecule has 0 bridgehead atoms. The summed E-state index contributed by atoms with van der Waals surface area (Å²) in [5.41, 5.74) is 2.96. The number of nitrogens with zero attached hydrogens (tertiary/aromatic N) is 1. The Balaban J connectivity index is 1.71. The van der Waals surface area contributed by atoms with Crippen LogP contribution < -0.4 is 10.4 Å². The number of carbonyl (C=O) groups is 1. The number of aryl methyl sites for hydroxylation is 1. The molecule has 1 aliphatic carbocycles. The van der Waals surface area contributed by atoms with Crippen LogP contribution >= 0.6 is 35.4 Å². The number of carboxylic acid groups (broad SMARTS) is 1. The van der Waals surface area contributed by atoms with Gasteiger partial charge in [0, 0.05) is 34.8 Å². The first-order valence-electron chi connectivity index (χ1n) is 10.1. The maximum atomic E-state index is 11.1. The molecule has 0 amide bonds. The minimum Gasteiger partial charge on any atom is -0.550 e. The predicted octanol–water partition coefficient (Wildman–Crippen LogP) is 5.06. The molecule has 160 valence electrons. The molecule has 0 spiro atoms. The van der Waals surface area contributed by atoms with Gasteiger partial charge in [-0.2, -0.15) is 0 Å². The lowest BCUT2D eigenvalue weighted by molar-refractivity contribution is -0.312. The number of rotatable bonds is 6. The first-order chi connectivity index (χ1) is 14.3. The first-order valence-corrected chi connectivity index (χ1v) is 11.3. The average Bonchev–Trinajstić information content (AvgIpc) is 2.72. The van der Waals surface area contributed by atoms with Crippen molar-refractivity contribution in [3.63, 3.8) is 0 Å². The molecule has 0 atom stereocenters. The molecule has 0 radical (unpaired) electrons. The van der Waals surface area contributed by atoms with Gasteiger partial charge in [-0.05, 0) is 92.1 Å². The van der Waals surface area contributed by atoms with Gasteiger partial charge in [0.25, 0.3) is 0 Å². The Morgan fingerprint density at radius 1 is 1.13 bits per heavy atom. The summed E-state index contributed by atoms with van der Waals surface area (Å²) in [6.07, 6.45) is 3.04. The van der Waals surface area contributed by atoms with Crippen LogP contribution in [-0.4, -0.2) is 22.5 Å². The standard InChI is InChI=1S/C23H26Cl2N2O2S/c1-15-2-11-20(12-21(15)25)26-23(30)27(14-17-5-9-19(24)10-6-17)13-16-3-7-18(8-4-16)22(28)29/h2,5-6,9-12,16,18H,3-4,7-8,13-14H2,1H3,(H,26,30)(H,28,29)/p-1. The van der Waals surface area contributed by atoms with Crippen LogP contribution in [0.5, 0.6) is 0 Å². The number of aliphatic carboxylic acids is 1. The fraction of sp³-hybridized carbons (Fsp3) is 0.391. The summed E-state index contributed by atoms with van der Waals surface area (Å²) in [5.74, 6) is -0.875. The Kier molecular flexibility index (Phi) is 7.98. The highest BCUT2D eigenvalue weighted by atomic mass is 35.5. The summed E-state index contributed by atoms with van der Waals surface area (Å²) in [6, 6.07) is 13.5. The van der Waals surface area contributed by atoms with Crippen LogP contribution in [0.15, 0.2) is 42.5 Å². The topological polar surface area (TPSA) is 55.4 Å². The maximum Gasteiger partial charge on any atom is 0.173 e. The van der Waals surface area contributed by atoms with E-state index in [1.807, 2.05) is 49.4 Å². The zero-order valence-corrected chi connectivity index (χ0v) is 19.2. The molecule has 0 aliphatic heterocycles. The summed E-state index contributed by atoms with van der Waals surface area (Å²) in [4.78, 5) is 13.3. The van der Waals surface area contributed by atoms with Crippen LogP contribution in [0.2, 0.25) is 10.0 Å². The number of thiocarbonyl (C=S) groups is 1. The second kappa shape index (κ2) is 10.5. The van der Waals surface area contributed by atoms with Crippen LogP contribution in [-0.2, 0) is 11.3 Å². The van der Waals surface area contributed by atoms with Gasteiger partial charge in [0.2, 0.25) is 0 Å². The summed E-state index contributed by atoms with van der Waals surface area (Å²) in [5, 5.41) is 16.4. The fourth-order valence-electron chi connectivity index (χ4n) is 3.80. The van der Waals surface area contributed by atoms with E-state index in [4.69, 9.17) is 35.4 Å². The Labute approximate surface area is 193 Å². The Morgan fingerprint density at radius 2 is 1.80 bits per heavy atom. The smallest absolute Gasteiger partial charge is 0.173 e. The highest BCUT2D eigenvalue weighted by molar-refractivity contribution is 7.80. The number of anilines is 1. The molecule has 1 fully saturated rings. The zero-order chi connectivity index (χ0) is 21.7. The van der Waals surface area contributed by atoms with Crippen molar-refractivity contribution in [3.05, 3.63) is 63.6 Å². The van der Waals surface area contributed by atoms with E-state index in [0.29, 0.717) is 40.5 Å². The predicted molar refractivity (Wildman–Crippen MR) is 125 cm³/mol. The highest BCUT2D eigenvalue weighted by Crippen LogP contribution is 2.30. The number of hydrogen-bond acceptors (Lipinski definition) is 3. The van der Waals surface area contributed by atoms with Crippen molar-refractivity contribution in [1.82, 2.24) is 4.90 Å². The SMILES string of the molecule is Cc1ccc(NC(=S)N(Cc2ccc(Cl)cc2)CC2CCC(C(=O)[O-])CC2)cc1Cl. The molecule has 4 nitrogen and oxygen atoms in total. The zero-order valence-electron chi connectivity index (χ0n) is 16.9. The lowest BCUT2D eigenvalue weighted by Gasteiger charge is -2.34. The molecule has 30 heavy (non-hydrogen) atoms. The molecule has 1 aliphatic rings. The monoisotopic (exact) mass is 463 g/mol. The second-order valence-electron chi connectivity index (χ2n) is 7.94. The average molecular weight is 464 g/mol. The third kappa shape index (κ3) is 6.34. The molecular weight excluding hydrogens is 439 g/mol. The number of hydrogen-bond donors (Lipinski definition) is 1. The molecule has 7 heteroatoms. The number of carbonyl (C=O) groups excluding carboxylic acids is 1. The molecule has 1 saturated carbocycles. The minimum atomic E-state index is -0.931. The summed E-state index contributed by atoms with van der Waals surface area (Å²) in [6.45, 7) is 3.36. The van der Waals surface area contributed by atoms with Crippen LogP contribution in [0.25, 0.3) is 0 Å². The third-order valence-electron chi connectivity index (χ3n) is 5.66. The Hall–Kier alpha value is -1.82. The summed E-state index contributed by atoms with van der Waals surface area (Å²) in [7, 11) is 0.